The van der Waals surface area contributed by atoms with Crippen molar-refractivity contribution in [2.24, 2.45) is 18.9 Å². The average Bonchev–Trinajstić information content (AvgIpc) is 3.87. The standard InChI is InChI=1S/C29H28ClF6N7/c1-41-39-27(38-40-41)43(15-19-9-22(28(31,32)33)12-23(10-19)29(34,35)36)16-21-11-20-3-2-4-24(30)25(20)37-26(21)42(13-17-5-6-17)14-18-7-8-18/h2-4,9-12,17-18H,5-8,13-16H2,1H3. The molecule has 14 heteroatoms. The lowest BCUT2D eigenvalue weighted by Crippen LogP contribution is -2.32. The van der Waals surface area contributed by atoms with Crippen molar-refractivity contribution < 1.29 is 26.3 Å². The van der Waals surface area contributed by atoms with E-state index in [2.05, 4.69) is 20.3 Å². The molecule has 0 bridgehead atoms. The number of hydrogen-bond donors (Lipinski definition) is 0. The molecule has 0 spiro atoms. The molecule has 7 nitrogen and oxygen atoms in total. The SMILES string of the molecule is Cn1nnc(N(Cc2cc(C(F)(F)F)cc(C(F)(F)F)c2)Cc2cc3cccc(Cl)c3nc2N(CC2CC2)CC2CC2)n1. The Morgan fingerprint density at radius 2 is 1.49 bits per heavy atom. The number of benzene rings is 2. The van der Waals surface area contributed by atoms with Gasteiger partial charge >= 0.3 is 12.4 Å². The van der Waals surface area contributed by atoms with E-state index < -0.39 is 23.5 Å². The highest BCUT2D eigenvalue weighted by Crippen LogP contribution is 2.39. The summed E-state index contributed by atoms with van der Waals surface area (Å²) in [6.45, 7) is 1.33. The molecular formula is C29H28ClF6N7. The molecule has 2 fully saturated rings. The van der Waals surface area contributed by atoms with Crippen molar-refractivity contribution in [3.05, 3.63) is 69.7 Å². The molecule has 4 aromatic rings. The third kappa shape index (κ3) is 6.97. The number of halogens is 7. The highest BCUT2D eigenvalue weighted by Gasteiger charge is 2.37. The van der Waals surface area contributed by atoms with Crippen LogP contribution in [0.25, 0.3) is 10.9 Å². The van der Waals surface area contributed by atoms with Crippen LogP contribution in [0.2, 0.25) is 5.02 Å². The molecule has 0 aliphatic heterocycles. The summed E-state index contributed by atoms with van der Waals surface area (Å²) in [5.74, 6) is 1.83. The molecule has 2 aromatic heterocycles. The van der Waals surface area contributed by atoms with E-state index in [1.54, 1.807) is 12.1 Å². The first-order valence-corrected chi connectivity index (χ1v) is 14.3. The summed E-state index contributed by atoms with van der Waals surface area (Å²) in [4.78, 5) is 9.95. The first-order valence-electron chi connectivity index (χ1n) is 13.9. The number of hydrogen-bond acceptors (Lipinski definition) is 6. The molecule has 2 saturated carbocycles. The van der Waals surface area contributed by atoms with E-state index in [0.717, 1.165) is 61.9 Å². The van der Waals surface area contributed by atoms with Gasteiger partial charge in [-0.05, 0) is 78.6 Å². The van der Waals surface area contributed by atoms with Crippen LogP contribution < -0.4 is 9.80 Å². The average molecular weight is 624 g/mol. The number of rotatable bonds is 10. The van der Waals surface area contributed by atoms with E-state index in [9.17, 15) is 26.3 Å². The lowest BCUT2D eigenvalue weighted by Gasteiger charge is -2.29. The smallest absolute Gasteiger partial charge is 0.356 e. The van der Waals surface area contributed by atoms with Crippen LogP contribution in [0.15, 0.2) is 42.5 Å². The molecule has 43 heavy (non-hydrogen) atoms. The zero-order valence-electron chi connectivity index (χ0n) is 23.1. The molecule has 6 rings (SSSR count). The van der Waals surface area contributed by atoms with E-state index in [-0.39, 0.29) is 30.7 Å². The predicted molar refractivity (Wildman–Crippen MR) is 150 cm³/mol. The summed E-state index contributed by atoms with van der Waals surface area (Å²) in [6, 6.07) is 8.92. The van der Waals surface area contributed by atoms with E-state index in [4.69, 9.17) is 16.6 Å². The van der Waals surface area contributed by atoms with Gasteiger partial charge in [0.15, 0.2) is 0 Å². The summed E-state index contributed by atoms with van der Waals surface area (Å²) >= 11 is 6.53. The largest absolute Gasteiger partial charge is 0.416 e. The van der Waals surface area contributed by atoms with Crippen LogP contribution >= 0.6 is 11.6 Å². The predicted octanol–water partition coefficient (Wildman–Crippen LogP) is 7.28. The summed E-state index contributed by atoms with van der Waals surface area (Å²) in [5, 5.41) is 13.4. The first-order chi connectivity index (χ1) is 20.3. The second-order valence-corrected chi connectivity index (χ2v) is 11.8. The molecule has 2 aromatic carbocycles. The quantitative estimate of drug-likeness (QED) is 0.173. The minimum atomic E-state index is -4.97. The minimum Gasteiger partial charge on any atom is -0.356 e. The molecule has 2 aliphatic rings. The second-order valence-electron chi connectivity index (χ2n) is 11.4. The van der Waals surface area contributed by atoms with Crippen molar-refractivity contribution in [3.8, 4) is 0 Å². The number of alkyl halides is 6. The van der Waals surface area contributed by atoms with Crippen molar-refractivity contribution in [1.29, 1.82) is 0 Å². The van der Waals surface area contributed by atoms with Crippen LogP contribution in [0.4, 0.5) is 38.1 Å². The number of anilines is 2. The van der Waals surface area contributed by atoms with E-state index >= 15 is 0 Å². The van der Waals surface area contributed by atoms with E-state index in [1.807, 2.05) is 12.1 Å². The molecule has 0 unspecified atom stereocenters. The van der Waals surface area contributed by atoms with Crippen LogP contribution in [-0.2, 0) is 32.5 Å². The monoisotopic (exact) mass is 623 g/mol. The molecule has 228 valence electrons. The number of nitrogens with zero attached hydrogens (tertiary/aromatic N) is 7. The molecule has 0 atom stereocenters. The van der Waals surface area contributed by atoms with Gasteiger partial charge in [-0.25, -0.2) is 4.98 Å². The van der Waals surface area contributed by atoms with Crippen LogP contribution in [0, 0.1) is 11.8 Å². The van der Waals surface area contributed by atoms with Gasteiger partial charge < -0.3 is 9.80 Å². The highest BCUT2D eigenvalue weighted by atomic mass is 35.5. The molecular weight excluding hydrogens is 596 g/mol. The number of aryl methyl sites for hydroxylation is 1. The fraction of sp³-hybridized carbons (Fsp3) is 0.448. The highest BCUT2D eigenvalue weighted by molar-refractivity contribution is 6.35. The van der Waals surface area contributed by atoms with Gasteiger partial charge in [0.05, 0.1) is 28.7 Å². The van der Waals surface area contributed by atoms with Gasteiger partial charge in [-0.2, -0.15) is 31.1 Å². The van der Waals surface area contributed by atoms with Crippen LogP contribution in [0.5, 0.6) is 0 Å². The number of fused-ring (bicyclic) bond motifs is 1. The topological polar surface area (TPSA) is 63.0 Å². The normalized spacial score (nSPS) is 15.7. The Kier molecular flexibility index (Phi) is 7.64. The molecule has 2 heterocycles. The Morgan fingerprint density at radius 3 is 2.02 bits per heavy atom. The Labute approximate surface area is 248 Å². The van der Waals surface area contributed by atoms with Crippen LogP contribution in [-0.4, -0.2) is 38.3 Å². The number of pyridine rings is 1. The lowest BCUT2D eigenvalue weighted by atomic mass is 10.0. The molecule has 0 amide bonds. The van der Waals surface area contributed by atoms with Gasteiger partial charge in [0.1, 0.15) is 5.82 Å². The van der Waals surface area contributed by atoms with Crippen molar-refractivity contribution >= 4 is 34.3 Å². The third-order valence-corrected chi connectivity index (χ3v) is 7.97. The fourth-order valence-corrected chi connectivity index (χ4v) is 5.42. The number of para-hydroxylation sites is 1. The van der Waals surface area contributed by atoms with Gasteiger partial charge in [-0.3, -0.25) is 0 Å². The number of aromatic nitrogens is 5. The van der Waals surface area contributed by atoms with Gasteiger partial charge in [0.2, 0.25) is 0 Å². The molecule has 2 aliphatic carbocycles. The van der Waals surface area contributed by atoms with Crippen LogP contribution in [0.1, 0.15) is 47.9 Å². The van der Waals surface area contributed by atoms with Crippen molar-refractivity contribution in [2.75, 3.05) is 22.9 Å². The summed E-state index contributed by atoms with van der Waals surface area (Å²) in [7, 11) is 1.53. The first kappa shape index (κ1) is 29.5. The second kappa shape index (κ2) is 11.1. The van der Waals surface area contributed by atoms with Gasteiger partial charge in [-0.1, -0.05) is 28.8 Å². The summed E-state index contributed by atoms with van der Waals surface area (Å²) in [5.41, 5.74) is -1.61. The zero-order chi connectivity index (χ0) is 30.5. The maximum absolute atomic E-state index is 13.6. The maximum atomic E-state index is 13.6. The van der Waals surface area contributed by atoms with Crippen molar-refractivity contribution in [1.82, 2.24) is 25.2 Å². The van der Waals surface area contributed by atoms with E-state index in [0.29, 0.717) is 28.2 Å². The number of tetrazole rings is 1. The Morgan fingerprint density at radius 1 is 0.860 bits per heavy atom. The third-order valence-electron chi connectivity index (χ3n) is 7.67. The lowest BCUT2D eigenvalue weighted by molar-refractivity contribution is -0.143. The Hall–Kier alpha value is -3.61. The van der Waals surface area contributed by atoms with Gasteiger partial charge in [0.25, 0.3) is 5.95 Å². The molecule has 0 saturated heterocycles. The van der Waals surface area contributed by atoms with Gasteiger partial charge in [-0.15, -0.1) is 5.10 Å². The molecule has 0 N–H and O–H groups in total. The van der Waals surface area contributed by atoms with E-state index in [1.165, 1.54) is 16.7 Å². The molecule has 0 radical (unpaired) electrons. The van der Waals surface area contributed by atoms with Crippen molar-refractivity contribution in [3.63, 3.8) is 0 Å². The fourth-order valence-electron chi connectivity index (χ4n) is 5.19. The Balaban J connectivity index is 1.44. The summed E-state index contributed by atoms with van der Waals surface area (Å²) in [6.07, 6.45) is -5.44. The zero-order valence-corrected chi connectivity index (χ0v) is 23.9. The Bertz CT molecular complexity index is 1580. The summed E-state index contributed by atoms with van der Waals surface area (Å²) < 4.78 is 81.9. The maximum Gasteiger partial charge on any atom is 0.416 e. The van der Waals surface area contributed by atoms with Gasteiger partial charge in [0, 0.05) is 37.1 Å². The van der Waals surface area contributed by atoms with Crippen LogP contribution in [0.3, 0.4) is 0 Å². The van der Waals surface area contributed by atoms with Crippen molar-refractivity contribution in [2.45, 2.75) is 51.1 Å². The minimum absolute atomic E-state index is 0.0555.